The van der Waals surface area contributed by atoms with Gasteiger partial charge in [-0.1, -0.05) is 0 Å². The fraction of sp³-hybridized carbons (Fsp3) is 0.533. The Balaban J connectivity index is 1.78. The molecule has 0 aromatic heterocycles. The monoisotopic (exact) mass is 312 g/mol. The van der Waals surface area contributed by atoms with Crippen molar-refractivity contribution >= 4 is 17.8 Å². The zero-order valence-electron chi connectivity index (χ0n) is 11.8. The smallest absolute Gasteiger partial charge is 0.320 e. The highest BCUT2D eigenvalue weighted by atomic mass is 32.2. The van der Waals surface area contributed by atoms with Gasteiger partial charge >= 0.3 is 6.03 Å². The molecule has 114 valence electrons. The zero-order chi connectivity index (χ0) is 14.8. The van der Waals surface area contributed by atoms with Crippen LogP contribution in [0.5, 0.6) is 0 Å². The van der Waals surface area contributed by atoms with Crippen LogP contribution in [0.15, 0.2) is 17.0 Å². The van der Waals surface area contributed by atoms with E-state index in [0.717, 1.165) is 30.8 Å². The standard InChI is InChI=1S/C15H18F2N2OS/c16-12-8-11-10-19(6-7-21-14(11)9-13(12)17)15(20)18-4-2-1-3-5-18/h8-9H,1-7,10H2. The van der Waals surface area contributed by atoms with E-state index in [0.29, 0.717) is 24.4 Å². The summed E-state index contributed by atoms with van der Waals surface area (Å²) >= 11 is 1.48. The van der Waals surface area contributed by atoms with Gasteiger partial charge in [0.05, 0.1) is 0 Å². The Kier molecular flexibility index (Phi) is 4.33. The molecule has 6 heteroatoms. The number of hydrogen-bond donors (Lipinski definition) is 0. The van der Waals surface area contributed by atoms with Crippen molar-refractivity contribution in [2.45, 2.75) is 30.7 Å². The third-order valence-electron chi connectivity index (χ3n) is 3.98. The highest BCUT2D eigenvalue weighted by Crippen LogP contribution is 2.30. The number of halogens is 2. The zero-order valence-corrected chi connectivity index (χ0v) is 12.6. The third kappa shape index (κ3) is 3.15. The predicted molar refractivity (Wildman–Crippen MR) is 78.3 cm³/mol. The van der Waals surface area contributed by atoms with E-state index in [4.69, 9.17) is 0 Å². The highest BCUT2D eigenvalue weighted by molar-refractivity contribution is 7.99. The van der Waals surface area contributed by atoms with Gasteiger partial charge in [0.1, 0.15) is 0 Å². The van der Waals surface area contributed by atoms with Gasteiger partial charge in [0, 0.05) is 36.8 Å². The van der Waals surface area contributed by atoms with Crippen molar-refractivity contribution < 1.29 is 13.6 Å². The molecule has 0 unspecified atom stereocenters. The summed E-state index contributed by atoms with van der Waals surface area (Å²) in [5, 5.41) is 0. The molecule has 2 aliphatic heterocycles. The van der Waals surface area contributed by atoms with Crippen LogP contribution >= 0.6 is 11.8 Å². The summed E-state index contributed by atoms with van der Waals surface area (Å²) in [5.41, 5.74) is 0.696. The van der Waals surface area contributed by atoms with Crippen molar-refractivity contribution in [3.63, 3.8) is 0 Å². The number of fused-ring (bicyclic) bond motifs is 1. The summed E-state index contributed by atoms with van der Waals surface area (Å²) in [5.74, 6) is -0.962. The first-order valence-electron chi connectivity index (χ1n) is 7.30. The van der Waals surface area contributed by atoms with E-state index >= 15 is 0 Å². The van der Waals surface area contributed by atoms with Crippen LogP contribution in [-0.2, 0) is 6.54 Å². The minimum atomic E-state index is -0.846. The summed E-state index contributed by atoms with van der Waals surface area (Å²) in [6.45, 7) is 2.56. The molecule has 21 heavy (non-hydrogen) atoms. The van der Waals surface area contributed by atoms with Crippen LogP contribution in [0.2, 0.25) is 0 Å². The van der Waals surface area contributed by atoms with E-state index in [1.807, 2.05) is 4.90 Å². The molecule has 3 nitrogen and oxygen atoms in total. The van der Waals surface area contributed by atoms with Gasteiger partial charge in [-0.25, -0.2) is 13.6 Å². The molecular weight excluding hydrogens is 294 g/mol. The first kappa shape index (κ1) is 14.6. The summed E-state index contributed by atoms with van der Waals surface area (Å²) in [6.07, 6.45) is 3.27. The Morgan fingerprint density at radius 3 is 2.48 bits per heavy atom. The summed E-state index contributed by atoms with van der Waals surface area (Å²) in [4.78, 5) is 16.9. The van der Waals surface area contributed by atoms with Crippen LogP contribution in [0.1, 0.15) is 24.8 Å². The maximum absolute atomic E-state index is 13.4. The van der Waals surface area contributed by atoms with E-state index in [1.54, 1.807) is 4.90 Å². The van der Waals surface area contributed by atoms with Crippen molar-refractivity contribution in [3.8, 4) is 0 Å². The Morgan fingerprint density at radius 2 is 1.71 bits per heavy atom. The Morgan fingerprint density at radius 1 is 1.00 bits per heavy atom. The fourth-order valence-corrected chi connectivity index (χ4v) is 3.85. The number of nitrogens with zero attached hydrogens (tertiary/aromatic N) is 2. The van der Waals surface area contributed by atoms with Crippen LogP contribution < -0.4 is 0 Å². The number of thioether (sulfide) groups is 1. The average Bonchev–Trinajstić information content (AvgIpc) is 2.70. The molecule has 1 aromatic rings. The molecule has 1 fully saturated rings. The molecule has 0 aliphatic carbocycles. The van der Waals surface area contributed by atoms with Crippen molar-refractivity contribution in [2.75, 3.05) is 25.4 Å². The number of benzene rings is 1. The van der Waals surface area contributed by atoms with E-state index in [1.165, 1.54) is 30.3 Å². The van der Waals surface area contributed by atoms with E-state index in [9.17, 15) is 13.6 Å². The van der Waals surface area contributed by atoms with Crippen molar-refractivity contribution in [3.05, 3.63) is 29.3 Å². The van der Waals surface area contributed by atoms with Gasteiger partial charge in [0.25, 0.3) is 0 Å². The van der Waals surface area contributed by atoms with Crippen LogP contribution in [0, 0.1) is 11.6 Å². The number of hydrogen-bond acceptors (Lipinski definition) is 2. The summed E-state index contributed by atoms with van der Waals surface area (Å²) in [6, 6.07) is 2.48. The molecule has 0 atom stereocenters. The van der Waals surface area contributed by atoms with E-state index in [2.05, 4.69) is 0 Å². The Bertz CT molecular complexity index is 547. The molecule has 1 aromatic carbocycles. The molecule has 0 saturated carbocycles. The number of rotatable bonds is 0. The second-order valence-electron chi connectivity index (χ2n) is 5.47. The molecule has 0 bridgehead atoms. The first-order chi connectivity index (χ1) is 10.1. The predicted octanol–water partition coefficient (Wildman–Crippen LogP) is 3.48. The second kappa shape index (κ2) is 6.22. The number of carbonyl (C=O) groups excluding carboxylic acids is 1. The maximum atomic E-state index is 13.4. The normalized spacial score (nSPS) is 19.1. The molecule has 2 heterocycles. The Hall–Kier alpha value is -1.30. The Labute approximate surface area is 127 Å². The lowest BCUT2D eigenvalue weighted by molar-refractivity contribution is 0.143. The number of urea groups is 1. The van der Waals surface area contributed by atoms with Gasteiger partial charge in [0.2, 0.25) is 0 Å². The number of amides is 2. The maximum Gasteiger partial charge on any atom is 0.320 e. The minimum Gasteiger partial charge on any atom is -0.325 e. The average molecular weight is 312 g/mol. The summed E-state index contributed by atoms with van der Waals surface area (Å²) in [7, 11) is 0. The minimum absolute atomic E-state index is 0.0212. The molecule has 2 aliphatic rings. The lowest BCUT2D eigenvalue weighted by Gasteiger charge is -2.32. The first-order valence-corrected chi connectivity index (χ1v) is 8.28. The molecule has 0 radical (unpaired) electrons. The molecule has 3 rings (SSSR count). The van der Waals surface area contributed by atoms with Gasteiger partial charge < -0.3 is 9.80 Å². The van der Waals surface area contributed by atoms with Gasteiger partial charge in [-0.3, -0.25) is 0 Å². The SMILES string of the molecule is O=C(N1CCCCC1)N1CCSc2cc(F)c(F)cc2C1. The third-order valence-corrected chi connectivity index (χ3v) is 5.06. The fourth-order valence-electron chi connectivity index (χ4n) is 2.83. The number of carbonyl (C=O) groups is 1. The van der Waals surface area contributed by atoms with Crippen LogP contribution in [0.25, 0.3) is 0 Å². The molecular formula is C15H18F2N2OS. The molecule has 0 spiro atoms. The van der Waals surface area contributed by atoms with Crippen molar-refractivity contribution in [1.82, 2.24) is 9.80 Å². The number of piperidine rings is 1. The van der Waals surface area contributed by atoms with Crippen molar-refractivity contribution in [2.24, 2.45) is 0 Å². The van der Waals surface area contributed by atoms with Gasteiger partial charge in [-0.15, -0.1) is 11.8 Å². The number of likely N-dealkylation sites (tertiary alicyclic amines) is 1. The van der Waals surface area contributed by atoms with Gasteiger partial charge in [-0.2, -0.15) is 0 Å². The second-order valence-corrected chi connectivity index (χ2v) is 6.61. The molecule has 2 amide bonds. The van der Waals surface area contributed by atoms with E-state index < -0.39 is 11.6 Å². The summed E-state index contributed by atoms with van der Waals surface area (Å²) < 4.78 is 26.7. The van der Waals surface area contributed by atoms with Gasteiger partial charge in [-0.05, 0) is 37.0 Å². The van der Waals surface area contributed by atoms with Gasteiger partial charge in [0.15, 0.2) is 11.6 Å². The highest BCUT2D eigenvalue weighted by Gasteiger charge is 2.25. The lowest BCUT2D eigenvalue weighted by Crippen LogP contribution is -2.45. The topological polar surface area (TPSA) is 23.6 Å². The molecule has 0 N–H and O–H groups in total. The van der Waals surface area contributed by atoms with Crippen molar-refractivity contribution in [1.29, 1.82) is 0 Å². The van der Waals surface area contributed by atoms with Crippen LogP contribution in [0.4, 0.5) is 13.6 Å². The quantitative estimate of drug-likeness (QED) is 0.732. The largest absolute Gasteiger partial charge is 0.325 e. The van der Waals surface area contributed by atoms with Crippen LogP contribution in [-0.4, -0.2) is 41.2 Å². The van der Waals surface area contributed by atoms with Crippen LogP contribution in [0.3, 0.4) is 0 Å². The lowest BCUT2D eigenvalue weighted by atomic mass is 10.1. The molecule has 1 saturated heterocycles. The van der Waals surface area contributed by atoms with E-state index in [-0.39, 0.29) is 6.03 Å².